The lowest BCUT2D eigenvalue weighted by Gasteiger charge is -2.01. The molecule has 0 spiro atoms. The van der Waals surface area contributed by atoms with Crippen molar-refractivity contribution < 1.29 is 0 Å². The molecular weight excluding hydrogens is 180 g/mol. The zero-order chi connectivity index (χ0) is 9.97. The van der Waals surface area contributed by atoms with Crippen molar-refractivity contribution in [3.63, 3.8) is 0 Å². The molecule has 0 radical (unpaired) electrons. The highest BCUT2D eigenvalue weighted by Crippen LogP contribution is 2.16. The first-order chi connectivity index (χ1) is 6.83. The number of nitrogens with one attached hydrogen (secondary N) is 2. The van der Waals surface area contributed by atoms with Gasteiger partial charge >= 0.3 is 0 Å². The molecule has 0 saturated carbocycles. The number of benzene rings is 1. The van der Waals surface area contributed by atoms with Crippen molar-refractivity contribution in [1.29, 1.82) is 0 Å². The molecular formula is C9H8N4O. The number of nitrogens with zero attached hydrogens (tertiary/aromatic N) is 2. The number of rotatable bonds is 2. The molecule has 0 amide bonds. The van der Waals surface area contributed by atoms with Gasteiger partial charge in [0.05, 0.1) is 5.39 Å². The summed E-state index contributed by atoms with van der Waals surface area (Å²) in [5.74, 6) is 0.496. The molecule has 0 atom stereocenters. The highest BCUT2D eigenvalue weighted by Gasteiger charge is 2.03. The predicted molar refractivity (Wildman–Crippen MR) is 55.5 cm³/mol. The second kappa shape index (κ2) is 3.29. The maximum absolute atomic E-state index is 11.3. The summed E-state index contributed by atoms with van der Waals surface area (Å²) in [5.41, 5.74) is 2.40. The van der Waals surface area contributed by atoms with E-state index in [0.717, 1.165) is 5.39 Å². The lowest BCUT2D eigenvalue weighted by molar-refractivity contribution is 1.00. The van der Waals surface area contributed by atoms with Gasteiger partial charge in [-0.1, -0.05) is 18.2 Å². The first-order valence-electron chi connectivity index (χ1n) is 4.02. The number of aromatic nitrogens is 2. The molecule has 5 heteroatoms. The van der Waals surface area contributed by atoms with Crippen LogP contribution in [0.4, 0.5) is 5.82 Å². The Bertz CT molecular complexity index is 532. The van der Waals surface area contributed by atoms with E-state index in [4.69, 9.17) is 0 Å². The fourth-order valence-electron chi connectivity index (χ4n) is 1.27. The number of hydrazone groups is 1. The predicted octanol–water partition coefficient (Wildman–Crippen LogP) is 0.951. The van der Waals surface area contributed by atoms with E-state index in [9.17, 15) is 4.79 Å². The van der Waals surface area contributed by atoms with Crippen LogP contribution in [0.5, 0.6) is 0 Å². The second-order valence-corrected chi connectivity index (χ2v) is 2.72. The summed E-state index contributed by atoms with van der Waals surface area (Å²) in [4.78, 5) is 11.3. The lowest BCUT2D eigenvalue weighted by atomic mass is 10.2. The molecule has 0 fully saturated rings. The zero-order valence-electron chi connectivity index (χ0n) is 7.32. The van der Waals surface area contributed by atoms with Gasteiger partial charge in [-0.15, -0.1) is 0 Å². The van der Waals surface area contributed by atoms with Gasteiger partial charge in [0.2, 0.25) is 0 Å². The molecule has 0 aliphatic carbocycles. The molecule has 2 aromatic rings. The SMILES string of the molecule is C=NNc1n[nH]c(=O)c2ccccc12. The van der Waals surface area contributed by atoms with E-state index in [2.05, 4.69) is 27.4 Å². The molecule has 0 aliphatic heterocycles. The maximum atomic E-state index is 11.3. The summed E-state index contributed by atoms with van der Waals surface area (Å²) in [5, 5.41) is 11.0. The monoisotopic (exact) mass is 188 g/mol. The van der Waals surface area contributed by atoms with Gasteiger partial charge in [0, 0.05) is 12.1 Å². The summed E-state index contributed by atoms with van der Waals surface area (Å²) in [7, 11) is 0. The fraction of sp³-hybridized carbons (Fsp3) is 0. The Kier molecular flexibility index (Phi) is 1.98. The van der Waals surface area contributed by atoms with E-state index in [0.29, 0.717) is 11.2 Å². The Morgan fingerprint density at radius 1 is 1.36 bits per heavy atom. The van der Waals surface area contributed by atoms with Crippen LogP contribution in [0.25, 0.3) is 10.8 Å². The molecule has 0 unspecified atom stereocenters. The second-order valence-electron chi connectivity index (χ2n) is 2.72. The van der Waals surface area contributed by atoms with Gasteiger partial charge in [-0.05, 0) is 6.07 Å². The summed E-state index contributed by atoms with van der Waals surface area (Å²) < 4.78 is 0. The molecule has 0 bridgehead atoms. The van der Waals surface area contributed by atoms with Crippen LogP contribution in [-0.2, 0) is 0 Å². The van der Waals surface area contributed by atoms with E-state index < -0.39 is 0 Å². The minimum absolute atomic E-state index is 0.213. The Morgan fingerprint density at radius 2 is 2.07 bits per heavy atom. The van der Waals surface area contributed by atoms with Crippen LogP contribution in [-0.4, -0.2) is 16.9 Å². The standard InChI is InChI=1S/C9H8N4O/c1-10-11-8-6-4-2-3-5-7(6)9(14)13-12-8/h2-5H,1H2,(H,11,12)(H,13,14). The van der Waals surface area contributed by atoms with Crippen LogP contribution in [0.2, 0.25) is 0 Å². The van der Waals surface area contributed by atoms with Crippen LogP contribution in [0.3, 0.4) is 0 Å². The summed E-state index contributed by atoms with van der Waals surface area (Å²) in [6.45, 7) is 3.29. The molecule has 2 N–H and O–H groups in total. The number of anilines is 1. The van der Waals surface area contributed by atoms with Gasteiger partial charge < -0.3 is 0 Å². The van der Waals surface area contributed by atoms with E-state index in [-0.39, 0.29) is 5.56 Å². The summed E-state index contributed by atoms with van der Waals surface area (Å²) in [6.07, 6.45) is 0. The van der Waals surface area contributed by atoms with Gasteiger partial charge in [-0.25, -0.2) is 5.10 Å². The Hall–Kier alpha value is -2.17. The molecule has 14 heavy (non-hydrogen) atoms. The van der Waals surface area contributed by atoms with Crippen LogP contribution in [0, 0.1) is 0 Å². The van der Waals surface area contributed by atoms with E-state index in [1.165, 1.54) is 0 Å². The smallest absolute Gasteiger partial charge is 0.267 e. The molecule has 1 aromatic heterocycles. The zero-order valence-corrected chi connectivity index (χ0v) is 7.32. The van der Waals surface area contributed by atoms with Crippen LogP contribution in [0.1, 0.15) is 0 Å². The topological polar surface area (TPSA) is 70.1 Å². The van der Waals surface area contributed by atoms with Crippen molar-refractivity contribution in [2.24, 2.45) is 5.10 Å². The molecule has 0 aliphatic rings. The molecule has 5 nitrogen and oxygen atoms in total. The number of H-pyrrole nitrogens is 1. The Balaban J connectivity index is 2.81. The molecule has 70 valence electrons. The first-order valence-corrected chi connectivity index (χ1v) is 4.02. The van der Waals surface area contributed by atoms with Crippen molar-refractivity contribution in [3.05, 3.63) is 34.6 Å². The van der Waals surface area contributed by atoms with Crippen LogP contribution < -0.4 is 11.0 Å². The summed E-state index contributed by atoms with van der Waals surface area (Å²) in [6, 6.07) is 7.15. The van der Waals surface area contributed by atoms with Crippen molar-refractivity contribution in [3.8, 4) is 0 Å². The van der Waals surface area contributed by atoms with Crippen molar-refractivity contribution >= 4 is 23.3 Å². The summed E-state index contributed by atoms with van der Waals surface area (Å²) >= 11 is 0. The van der Waals surface area contributed by atoms with Gasteiger partial charge in [-0.3, -0.25) is 10.2 Å². The van der Waals surface area contributed by atoms with E-state index in [1.807, 2.05) is 6.07 Å². The highest BCUT2D eigenvalue weighted by atomic mass is 16.1. The van der Waals surface area contributed by atoms with Crippen molar-refractivity contribution in [2.75, 3.05) is 5.43 Å². The van der Waals surface area contributed by atoms with Gasteiger partial charge in [0.25, 0.3) is 5.56 Å². The van der Waals surface area contributed by atoms with E-state index >= 15 is 0 Å². The molecule has 2 rings (SSSR count). The maximum Gasteiger partial charge on any atom is 0.272 e. The Labute approximate surface area is 79.5 Å². The molecule has 1 heterocycles. The number of fused-ring (bicyclic) bond motifs is 1. The number of aromatic amines is 1. The Morgan fingerprint density at radius 3 is 2.79 bits per heavy atom. The van der Waals surface area contributed by atoms with Crippen molar-refractivity contribution in [2.45, 2.75) is 0 Å². The largest absolute Gasteiger partial charge is 0.272 e. The third-order valence-electron chi connectivity index (χ3n) is 1.88. The third-order valence-corrected chi connectivity index (χ3v) is 1.88. The third kappa shape index (κ3) is 1.24. The lowest BCUT2D eigenvalue weighted by Crippen LogP contribution is -2.10. The fourth-order valence-corrected chi connectivity index (χ4v) is 1.27. The van der Waals surface area contributed by atoms with Gasteiger partial charge in [0.15, 0.2) is 5.82 Å². The minimum atomic E-state index is -0.213. The number of hydrogen-bond donors (Lipinski definition) is 2. The average Bonchev–Trinajstić information content (AvgIpc) is 2.23. The van der Waals surface area contributed by atoms with Crippen molar-refractivity contribution in [1.82, 2.24) is 10.2 Å². The normalized spacial score (nSPS) is 10.0. The van der Waals surface area contributed by atoms with Crippen LogP contribution >= 0.6 is 0 Å². The minimum Gasteiger partial charge on any atom is -0.267 e. The first kappa shape index (κ1) is 8.43. The highest BCUT2D eigenvalue weighted by molar-refractivity contribution is 5.90. The van der Waals surface area contributed by atoms with E-state index in [1.54, 1.807) is 18.2 Å². The quantitative estimate of drug-likeness (QED) is 0.544. The molecule has 0 saturated heterocycles. The van der Waals surface area contributed by atoms with Gasteiger partial charge in [0.1, 0.15) is 0 Å². The average molecular weight is 188 g/mol. The molecule has 1 aromatic carbocycles. The van der Waals surface area contributed by atoms with Gasteiger partial charge in [-0.2, -0.15) is 10.2 Å². The van der Waals surface area contributed by atoms with Crippen LogP contribution in [0.15, 0.2) is 34.2 Å². The number of hydrogen-bond acceptors (Lipinski definition) is 4.